The Hall–Kier alpha value is -2.42. The molecule has 0 aromatic carbocycles. The van der Waals surface area contributed by atoms with Crippen LogP contribution >= 0.6 is 12.2 Å². The minimum atomic E-state index is -4.65. The second-order valence-corrected chi connectivity index (χ2v) is 4.61. The summed E-state index contributed by atoms with van der Waals surface area (Å²) in [7, 11) is 0. The van der Waals surface area contributed by atoms with Gasteiger partial charge in [-0.05, 0) is 30.4 Å². The van der Waals surface area contributed by atoms with Gasteiger partial charge >= 0.3 is 6.18 Å². The van der Waals surface area contributed by atoms with E-state index in [1.807, 2.05) is 0 Å². The summed E-state index contributed by atoms with van der Waals surface area (Å²) in [6.45, 7) is 3.51. The standard InChI is InChI=1S/C13H9F3N2O3S/c1-2-5-18-11(20)8(10(19)17-12(18)22)6-7-3-4-9(21-7)13(14,15)16/h2-4,6H,1,5H2,(H,17,19,22)/b8-6+. The van der Waals surface area contributed by atoms with E-state index >= 15 is 0 Å². The average molecular weight is 330 g/mol. The van der Waals surface area contributed by atoms with Crippen molar-refractivity contribution in [2.75, 3.05) is 6.54 Å². The van der Waals surface area contributed by atoms with Crippen molar-refractivity contribution in [3.63, 3.8) is 0 Å². The Labute approximate surface area is 128 Å². The molecule has 2 heterocycles. The number of amides is 2. The van der Waals surface area contributed by atoms with Gasteiger partial charge in [0.05, 0.1) is 0 Å². The minimum absolute atomic E-state index is 0.0568. The molecule has 1 aliphatic rings. The van der Waals surface area contributed by atoms with Crippen molar-refractivity contribution in [2.24, 2.45) is 0 Å². The molecule has 0 aliphatic carbocycles. The fraction of sp³-hybridized carbons (Fsp3) is 0.154. The van der Waals surface area contributed by atoms with Crippen LogP contribution in [0.15, 0.2) is 34.8 Å². The first-order chi connectivity index (χ1) is 10.2. The lowest BCUT2D eigenvalue weighted by atomic mass is 10.1. The van der Waals surface area contributed by atoms with Crippen LogP contribution in [0.1, 0.15) is 11.5 Å². The Morgan fingerprint density at radius 3 is 2.59 bits per heavy atom. The molecule has 1 aromatic heterocycles. The maximum Gasteiger partial charge on any atom is 0.449 e. The van der Waals surface area contributed by atoms with Crippen LogP contribution in [-0.4, -0.2) is 28.4 Å². The summed E-state index contributed by atoms with van der Waals surface area (Å²) in [6, 6.07) is 1.73. The van der Waals surface area contributed by atoms with Gasteiger partial charge in [-0.25, -0.2) is 0 Å². The van der Waals surface area contributed by atoms with E-state index in [0.29, 0.717) is 6.07 Å². The predicted octanol–water partition coefficient (Wildman–Crippen LogP) is 2.11. The second-order valence-electron chi connectivity index (χ2n) is 4.22. The Morgan fingerprint density at radius 2 is 2.05 bits per heavy atom. The summed E-state index contributed by atoms with van der Waals surface area (Å²) in [5.74, 6) is -3.03. The smallest absolute Gasteiger partial charge is 0.449 e. The molecule has 9 heteroatoms. The third kappa shape index (κ3) is 3.08. The number of halogens is 3. The van der Waals surface area contributed by atoms with Gasteiger partial charge in [-0.1, -0.05) is 6.08 Å². The molecule has 5 nitrogen and oxygen atoms in total. The molecule has 0 saturated carbocycles. The van der Waals surface area contributed by atoms with Gasteiger partial charge in [-0.15, -0.1) is 6.58 Å². The normalized spacial score (nSPS) is 17.9. The van der Waals surface area contributed by atoms with Crippen molar-refractivity contribution in [1.82, 2.24) is 10.2 Å². The van der Waals surface area contributed by atoms with E-state index in [-0.39, 0.29) is 23.0 Å². The number of alkyl halides is 3. The number of rotatable bonds is 3. The largest absolute Gasteiger partial charge is 0.452 e. The molecule has 1 saturated heterocycles. The highest BCUT2D eigenvalue weighted by molar-refractivity contribution is 7.80. The highest BCUT2D eigenvalue weighted by Crippen LogP contribution is 2.31. The molecule has 0 unspecified atom stereocenters. The third-order valence-corrected chi connectivity index (χ3v) is 3.01. The lowest BCUT2D eigenvalue weighted by molar-refractivity contribution is -0.153. The van der Waals surface area contributed by atoms with Gasteiger partial charge in [-0.2, -0.15) is 13.2 Å². The molecule has 0 spiro atoms. The van der Waals surface area contributed by atoms with Crippen molar-refractivity contribution in [2.45, 2.75) is 6.18 Å². The average Bonchev–Trinajstić information content (AvgIpc) is 2.88. The van der Waals surface area contributed by atoms with Gasteiger partial charge < -0.3 is 4.42 Å². The maximum atomic E-state index is 12.4. The fourth-order valence-corrected chi connectivity index (χ4v) is 1.96. The third-order valence-electron chi connectivity index (χ3n) is 2.69. The molecule has 2 amide bonds. The van der Waals surface area contributed by atoms with Gasteiger partial charge in [0.2, 0.25) is 5.76 Å². The monoisotopic (exact) mass is 330 g/mol. The molecule has 0 radical (unpaired) electrons. The first kappa shape index (κ1) is 16.0. The molecule has 1 aliphatic heterocycles. The predicted molar refractivity (Wildman–Crippen MR) is 74.3 cm³/mol. The van der Waals surface area contributed by atoms with Crippen LogP contribution in [0.2, 0.25) is 0 Å². The quantitative estimate of drug-likeness (QED) is 0.399. The lowest BCUT2D eigenvalue weighted by Crippen LogP contribution is -2.53. The van der Waals surface area contributed by atoms with Gasteiger partial charge in [0.25, 0.3) is 11.8 Å². The summed E-state index contributed by atoms with van der Waals surface area (Å²) in [4.78, 5) is 25.0. The summed E-state index contributed by atoms with van der Waals surface area (Å²) >= 11 is 4.84. The van der Waals surface area contributed by atoms with Gasteiger partial charge in [0, 0.05) is 6.54 Å². The Bertz CT molecular complexity index is 691. The van der Waals surface area contributed by atoms with Crippen molar-refractivity contribution in [3.8, 4) is 0 Å². The number of furan rings is 1. The summed E-state index contributed by atoms with van der Waals surface area (Å²) in [5.41, 5.74) is -0.376. The van der Waals surface area contributed by atoms with E-state index < -0.39 is 23.8 Å². The number of thiocarbonyl (C=S) groups is 1. The first-order valence-corrected chi connectivity index (χ1v) is 6.31. The Kier molecular flexibility index (Phi) is 4.18. The molecule has 22 heavy (non-hydrogen) atoms. The summed E-state index contributed by atoms with van der Waals surface area (Å²) in [5, 5.41) is 2.17. The second kappa shape index (κ2) is 5.76. The number of hydrogen-bond acceptors (Lipinski definition) is 4. The first-order valence-electron chi connectivity index (χ1n) is 5.91. The molecule has 1 aromatic rings. The minimum Gasteiger partial charge on any atom is -0.452 e. The molecule has 1 fully saturated rings. The summed E-state index contributed by atoms with van der Waals surface area (Å²) < 4.78 is 41.9. The van der Waals surface area contributed by atoms with Crippen LogP contribution in [0, 0.1) is 0 Å². The molecule has 1 N–H and O–H groups in total. The zero-order valence-electron chi connectivity index (χ0n) is 10.9. The van der Waals surface area contributed by atoms with Crippen molar-refractivity contribution in [3.05, 3.63) is 41.9 Å². The van der Waals surface area contributed by atoms with Gasteiger partial charge in [0.1, 0.15) is 11.3 Å². The zero-order valence-corrected chi connectivity index (χ0v) is 11.8. The SMILES string of the molecule is C=CCN1C(=O)/C(=C/c2ccc(C(F)(F)F)o2)C(=O)NC1=S. The highest BCUT2D eigenvalue weighted by atomic mass is 32.1. The number of carbonyl (C=O) groups is 2. The molecular weight excluding hydrogens is 321 g/mol. The molecule has 0 atom stereocenters. The Morgan fingerprint density at radius 1 is 1.36 bits per heavy atom. The number of hydrogen-bond donors (Lipinski definition) is 1. The number of nitrogens with zero attached hydrogens (tertiary/aromatic N) is 1. The van der Waals surface area contributed by atoms with Crippen molar-refractivity contribution < 1.29 is 27.2 Å². The van der Waals surface area contributed by atoms with E-state index in [9.17, 15) is 22.8 Å². The fourth-order valence-electron chi connectivity index (χ4n) is 1.71. The van der Waals surface area contributed by atoms with Crippen molar-refractivity contribution >= 4 is 35.2 Å². The van der Waals surface area contributed by atoms with Crippen LogP contribution < -0.4 is 5.32 Å². The van der Waals surface area contributed by atoms with E-state index in [1.165, 1.54) is 6.08 Å². The topological polar surface area (TPSA) is 62.6 Å². The van der Waals surface area contributed by atoms with E-state index in [2.05, 4.69) is 16.3 Å². The maximum absolute atomic E-state index is 12.4. The molecule has 2 rings (SSSR count). The zero-order chi connectivity index (χ0) is 16.5. The van der Waals surface area contributed by atoms with Crippen LogP contribution in [0.3, 0.4) is 0 Å². The van der Waals surface area contributed by atoms with Crippen molar-refractivity contribution in [1.29, 1.82) is 0 Å². The van der Waals surface area contributed by atoms with E-state index in [4.69, 9.17) is 12.2 Å². The molecule has 116 valence electrons. The highest BCUT2D eigenvalue weighted by Gasteiger charge is 2.36. The lowest BCUT2D eigenvalue weighted by Gasteiger charge is -2.27. The van der Waals surface area contributed by atoms with Crippen LogP contribution in [0.4, 0.5) is 13.2 Å². The van der Waals surface area contributed by atoms with Crippen LogP contribution in [-0.2, 0) is 15.8 Å². The summed E-state index contributed by atoms with van der Waals surface area (Å²) in [6.07, 6.45) is -2.31. The van der Waals surface area contributed by atoms with Gasteiger partial charge in [-0.3, -0.25) is 19.8 Å². The molecular formula is C13H9F3N2O3S. The number of nitrogens with one attached hydrogen (secondary N) is 1. The number of carbonyl (C=O) groups excluding carboxylic acids is 2. The van der Waals surface area contributed by atoms with Crippen LogP contribution in [0.5, 0.6) is 0 Å². The van der Waals surface area contributed by atoms with Crippen LogP contribution in [0.25, 0.3) is 6.08 Å². The van der Waals surface area contributed by atoms with Gasteiger partial charge in [0.15, 0.2) is 5.11 Å². The van der Waals surface area contributed by atoms with E-state index in [1.54, 1.807) is 0 Å². The Balaban J connectivity index is 2.35. The molecule has 0 bridgehead atoms. The van der Waals surface area contributed by atoms with E-state index in [0.717, 1.165) is 17.0 Å².